The lowest BCUT2D eigenvalue weighted by atomic mass is 9.49. The molecule has 6 atom stereocenters. The van der Waals surface area contributed by atoms with Crippen LogP contribution < -0.4 is 4.74 Å². The fourth-order valence-electron chi connectivity index (χ4n) is 7.20. The molecule has 0 aliphatic heterocycles. The number of rotatable bonds is 9. The average molecular weight is 685 g/mol. The van der Waals surface area contributed by atoms with E-state index < -0.39 is 76.4 Å². The van der Waals surface area contributed by atoms with E-state index in [4.69, 9.17) is 23.7 Å². The molecule has 1 saturated carbocycles. The monoisotopic (exact) mass is 684 g/mol. The molecule has 2 N–H and O–H groups in total. The summed E-state index contributed by atoms with van der Waals surface area (Å²) in [5, 5.41) is 23.8. The molecule has 0 aromatic heterocycles. The maximum atomic E-state index is 13.6. The van der Waals surface area contributed by atoms with E-state index in [1.807, 2.05) is 36.4 Å². The molecular formula is C38H36O12. The molecule has 3 aromatic carbocycles. The number of carbonyl (C=O) groups is 5. The van der Waals surface area contributed by atoms with Gasteiger partial charge in [-0.2, -0.15) is 0 Å². The second-order valence-electron chi connectivity index (χ2n) is 11.9. The van der Waals surface area contributed by atoms with Gasteiger partial charge in [-0.25, -0.2) is 9.59 Å². The van der Waals surface area contributed by atoms with E-state index in [0.717, 1.165) is 34.0 Å². The maximum absolute atomic E-state index is 13.6. The highest BCUT2D eigenvalue weighted by Crippen LogP contribution is 2.60. The van der Waals surface area contributed by atoms with Crippen LogP contribution in [0.25, 0.3) is 11.6 Å². The second kappa shape index (κ2) is 14.8. The van der Waals surface area contributed by atoms with Gasteiger partial charge in [-0.05, 0) is 41.3 Å². The number of ether oxygens (including phenoxy) is 5. The summed E-state index contributed by atoms with van der Waals surface area (Å²) < 4.78 is 25.6. The fraction of sp³-hybridized carbons (Fsp3) is 0.289. The summed E-state index contributed by atoms with van der Waals surface area (Å²) in [5.74, 6) is -13.3. The summed E-state index contributed by atoms with van der Waals surface area (Å²) in [6.45, 7) is 0. The van der Waals surface area contributed by atoms with Crippen LogP contribution in [0.15, 0.2) is 96.3 Å². The molecular weight excluding hydrogens is 648 g/mol. The van der Waals surface area contributed by atoms with Crippen molar-refractivity contribution in [3.63, 3.8) is 0 Å². The summed E-state index contributed by atoms with van der Waals surface area (Å²) >= 11 is 0. The number of aliphatic hydroxyl groups is 2. The second-order valence-corrected chi connectivity index (χ2v) is 11.9. The number of aliphatic hydroxyl groups excluding tert-OH is 1. The molecule has 2 aliphatic rings. The van der Waals surface area contributed by atoms with Crippen molar-refractivity contribution in [3.8, 4) is 5.75 Å². The van der Waals surface area contributed by atoms with Crippen molar-refractivity contribution in [2.45, 2.75) is 17.9 Å². The zero-order chi connectivity index (χ0) is 36.2. The highest BCUT2D eigenvalue weighted by atomic mass is 16.5. The van der Waals surface area contributed by atoms with E-state index in [0.29, 0.717) is 16.7 Å². The van der Waals surface area contributed by atoms with Gasteiger partial charge in [0, 0.05) is 11.8 Å². The third-order valence-corrected chi connectivity index (χ3v) is 9.38. The Morgan fingerprint density at radius 1 is 0.700 bits per heavy atom. The van der Waals surface area contributed by atoms with Crippen LogP contribution in [0.5, 0.6) is 5.75 Å². The zero-order valence-electron chi connectivity index (χ0n) is 27.7. The molecule has 0 radical (unpaired) electrons. The van der Waals surface area contributed by atoms with E-state index in [-0.39, 0.29) is 12.2 Å². The SMILES string of the molecule is COC(=O)C1=C(O)C(C(=O)OC)[C@@]2(O)[C@H](C(=O)OC)C(c3ccc(OC(=O)/C(=C/c4ccccc4)c4ccccc4)cc3)C[C@H]1[C@H]2C(=O)OC. The van der Waals surface area contributed by atoms with Gasteiger partial charge in [0.05, 0.1) is 51.4 Å². The molecule has 0 spiro atoms. The van der Waals surface area contributed by atoms with Crippen molar-refractivity contribution >= 4 is 41.5 Å². The lowest BCUT2D eigenvalue weighted by molar-refractivity contribution is -0.208. The van der Waals surface area contributed by atoms with Gasteiger partial charge in [0.25, 0.3) is 0 Å². The standard InChI is InChI=1S/C38H36O12/c1-46-34(41)28-27-20-25(29(35(42)47-2)38(45,30(27)36(43)48-3)31(32(28)39)37(44)49-4)23-15-17-24(18-16-23)50-33(40)26(22-13-9-6-10-14-22)19-21-11-7-5-8-12-21/h5-19,25,27,29-31,39,45H,20H2,1-4H3/b26-19+/t25?,27-,29+,30+,31?,38-/m1/s1. The fourth-order valence-corrected chi connectivity index (χ4v) is 7.20. The quantitative estimate of drug-likeness (QED) is 0.109. The van der Waals surface area contributed by atoms with E-state index in [9.17, 15) is 34.2 Å². The Hall–Kier alpha value is -5.75. The Morgan fingerprint density at radius 3 is 1.78 bits per heavy atom. The normalized spacial score (nSPS) is 24.4. The zero-order valence-corrected chi connectivity index (χ0v) is 27.7. The van der Waals surface area contributed by atoms with E-state index in [1.54, 1.807) is 42.5 Å². The van der Waals surface area contributed by atoms with Crippen LogP contribution in [0.1, 0.15) is 29.0 Å². The van der Waals surface area contributed by atoms with Gasteiger partial charge in [-0.3, -0.25) is 14.4 Å². The third kappa shape index (κ3) is 6.37. The van der Waals surface area contributed by atoms with Gasteiger partial charge in [-0.15, -0.1) is 0 Å². The lowest BCUT2D eigenvalue weighted by Gasteiger charge is -2.55. The number of methoxy groups -OCH3 is 4. The van der Waals surface area contributed by atoms with Crippen molar-refractivity contribution in [2.24, 2.45) is 23.7 Å². The highest BCUT2D eigenvalue weighted by molar-refractivity contribution is 6.22. The number of benzene rings is 3. The van der Waals surface area contributed by atoms with Gasteiger partial charge < -0.3 is 33.9 Å². The van der Waals surface area contributed by atoms with Crippen molar-refractivity contribution in [1.82, 2.24) is 0 Å². The number of carbonyl (C=O) groups excluding carboxylic acids is 5. The highest BCUT2D eigenvalue weighted by Gasteiger charge is 2.71. The summed E-state index contributed by atoms with van der Waals surface area (Å²) in [4.78, 5) is 66.7. The summed E-state index contributed by atoms with van der Waals surface area (Å²) in [7, 11) is 4.16. The van der Waals surface area contributed by atoms with Crippen LogP contribution in [-0.2, 0) is 42.9 Å². The predicted molar refractivity (Wildman–Crippen MR) is 177 cm³/mol. The number of hydrogen-bond donors (Lipinski definition) is 2. The van der Waals surface area contributed by atoms with Gasteiger partial charge >= 0.3 is 29.8 Å². The van der Waals surface area contributed by atoms with Crippen molar-refractivity contribution in [2.75, 3.05) is 28.4 Å². The Bertz CT molecular complexity index is 1830. The minimum absolute atomic E-state index is 0.158. The molecule has 2 bridgehead atoms. The molecule has 1 fully saturated rings. The Kier molecular flexibility index (Phi) is 10.5. The molecule has 0 saturated heterocycles. The smallest absolute Gasteiger partial charge is 0.344 e. The summed E-state index contributed by atoms with van der Waals surface area (Å²) in [6, 6.07) is 24.4. The Morgan fingerprint density at radius 2 is 1.24 bits per heavy atom. The molecule has 3 aromatic rings. The first-order valence-electron chi connectivity index (χ1n) is 15.6. The van der Waals surface area contributed by atoms with Crippen LogP contribution in [0.3, 0.4) is 0 Å². The molecule has 2 aliphatic carbocycles. The number of hydrogen-bond acceptors (Lipinski definition) is 12. The van der Waals surface area contributed by atoms with E-state index in [1.165, 1.54) is 12.1 Å². The first-order valence-corrected chi connectivity index (χ1v) is 15.6. The van der Waals surface area contributed by atoms with Gasteiger partial charge in [0.2, 0.25) is 0 Å². The molecule has 2 unspecified atom stereocenters. The number of fused-ring (bicyclic) bond motifs is 2. The first-order chi connectivity index (χ1) is 24.0. The van der Waals surface area contributed by atoms with Crippen LogP contribution >= 0.6 is 0 Å². The van der Waals surface area contributed by atoms with Crippen LogP contribution in [0, 0.1) is 23.7 Å². The Balaban J connectivity index is 1.57. The molecule has 50 heavy (non-hydrogen) atoms. The molecule has 12 heteroatoms. The topological polar surface area (TPSA) is 172 Å². The lowest BCUT2D eigenvalue weighted by Crippen LogP contribution is -2.68. The largest absolute Gasteiger partial charge is 0.511 e. The van der Waals surface area contributed by atoms with E-state index >= 15 is 0 Å². The van der Waals surface area contributed by atoms with Crippen LogP contribution in [0.2, 0.25) is 0 Å². The number of esters is 5. The first kappa shape index (κ1) is 35.6. The average Bonchev–Trinajstić information content (AvgIpc) is 3.13. The molecule has 5 rings (SSSR count). The molecule has 260 valence electrons. The van der Waals surface area contributed by atoms with Crippen molar-refractivity contribution < 1.29 is 57.9 Å². The van der Waals surface area contributed by atoms with Crippen molar-refractivity contribution in [3.05, 3.63) is 113 Å². The summed E-state index contributed by atoms with van der Waals surface area (Å²) in [6.07, 6.45) is 1.55. The third-order valence-electron chi connectivity index (χ3n) is 9.38. The summed E-state index contributed by atoms with van der Waals surface area (Å²) in [5.41, 5.74) is -0.974. The van der Waals surface area contributed by atoms with Gasteiger partial charge in [0.1, 0.15) is 23.0 Å². The van der Waals surface area contributed by atoms with E-state index in [2.05, 4.69) is 0 Å². The Labute approximate surface area is 287 Å². The molecule has 0 amide bonds. The van der Waals surface area contributed by atoms with Gasteiger partial charge in [-0.1, -0.05) is 72.8 Å². The predicted octanol–water partition coefficient (Wildman–Crippen LogP) is 4.03. The minimum Gasteiger partial charge on any atom is -0.511 e. The van der Waals surface area contributed by atoms with Gasteiger partial charge in [0.15, 0.2) is 0 Å². The van der Waals surface area contributed by atoms with Crippen molar-refractivity contribution in [1.29, 1.82) is 0 Å². The maximum Gasteiger partial charge on any atom is 0.344 e. The van der Waals surface area contributed by atoms with Crippen LogP contribution in [-0.4, -0.2) is 74.1 Å². The molecule has 12 nitrogen and oxygen atoms in total. The minimum atomic E-state index is -2.68. The van der Waals surface area contributed by atoms with Crippen LogP contribution in [0.4, 0.5) is 0 Å². The molecule has 0 heterocycles.